The third kappa shape index (κ3) is 5.06. The van der Waals surface area contributed by atoms with Gasteiger partial charge in [0, 0.05) is 0 Å². The van der Waals surface area contributed by atoms with Gasteiger partial charge < -0.3 is 9.47 Å². The summed E-state index contributed by atoms with van der Waals surface area (Å²) in [5.74, 6) is 2.42. The average molecular weight is 448 g/mol. The predicted molar refractivity (Wildman–Crippen MR) is 129 cm³/mol. The highest BCUT2D eigenvalue weighted by molar-refractivity contribution is 7.15. The number of hydrogen-bond donors (Lipinski definition) is 0. The van der Waals surface area contributed by atoms with E-state index in [0.717, 1.165) is 17.5 Å². The molecule has 0 bridgehead atoms. The molecule has 0 spiro atoms. The molecule has 0 saturated heterocycles. The molecular weight excluding hydrogens is 422 g/mol. The SMILES string of the molecule is COc1cc(/C=c2/sc3nc(/C=C/c4ccccc4)nn3c2=O)ccc1OCCC(C)C. The van der Waals surface area contributed by atoms with E-state index in [1.807, 2.05) is 60.7 Å². The molecule has 32 heavy (non-hydrogen) atoms. The molecule has 164 valence electrons. The van der Waals surface area contributed by atoms with E-state index in [2.05, 4.69) is 23.9 Å². The van der Waals surface area contributed by atoms with Crippen LogP contribution in [-0.2, 0) is 0 Å². The van der Waals surface area contributed by atoms with Gasteiger partial charge in [0.25, 0.3) is 5.56 Å². The lowest BCUT2D eigenvalue weighted by Gasteiger charge is -2.12. The van der Waals surface area contributed by atoms with Crippen LogP contribution in [0.3, 0.4) is 0 Å². The van der Waals surface area contributed by atoms with Crippen LogP contribution in [0.4, 0.5) is 0 Å². The highest BCUT2D eigenvalue weighted by Gasteiger charge is 2.10. The van der Waals surface area contributed by atoms with Crippen molar-refractivity contribution in [2.75, 3.05) is 13.7 Å². The van der Waals surface area contributed by atoms with E-state index < -0.39 is 0 Å². The number of rotatable bonds is 8. The van der Waals surface area contributed by atoms with Gasteiger partial charge in [0.2, 0.25) is 4.96 Å². The van der Waals surface area contributed by atoms with E-state index in [0.29, 0.717) is 39.3 Å². The number of hydrogen-bond acceptors (Lipinski definition) is 6. The summed E-state index contributed by atoms with van der Waals surface area (Å²) in [4.78, 5) is 17.8. The molecule has 0 aliphatic carbocycles. The monoisotopic (exact) mass is 447 g/mol. The van der Waals surface area contributed by atoms with Crippen LogP contribution in [0, 0.1) is 5.92 Å². The van der Waals surface area contributed by atoms with Gasteiger partial charge in [-0.3, -0.25) is 4.79 Å². The van der Waals surface area contributed by atoms with E-state index in [4.69, 9.17) is 9.47 Å². The first-order valence-electron chi connectivity index (χ1n) is 10.5. The first kappa shape index (κ1) is 21.8. The van der Waals surface area contributed by atoms with Gasteiger partial charge in [-0.1, -0.05) is 67.7 Å². The fraction of sp³-hybridized carbons (Fsp3) is 0.240. The summed E-state index contributed by atoms with van der Waals surface area (Å²) in [5, 5.41) is 4.34. The van der Waals surface area contributed by atoms with Crippen molar-refractivity contribution < 1.29 is 9.47 Å². The van der Waals surface area contributed by atoms with Crippen LogP contribution >= 0.6 is 11.3 Å². The van der Waals surface area contributed by atoms with Crippen molar-refractivity contribution in [2.24, 2.45) is 5.92 Å². The number of thiazole rings is 1. The topological polar surface area (TPSA) is 65.7 Å². The maximum absolute atomic E-state index is 12.8. The van der Waals surface area contributed by atoms with Crippen molar-refractivity contribution >= 4 is 34.5 Å². The first-order chi connectivity index (χ1) is 15.5. The van der Waals surface area contributed by atoms with Gasteiger partial charge in [0.05, 0.1) is 18.2 Å². The highest BCUT2D eigenvalue weighted by Crippen LogP contribution is 2.28. The summed E-state index contributed by atoms with van der Waals surface area (Å²) in [5.41, 5.74) is 1.71. The van der Waals surface area contributed by atoms with E-state index in [1.165, 1.54) is 15.9 Å². The van der Waals surface area contributed by atoms with E-state index in [-0.39, 0.29) is 5.56 Å². The lowest BCUT2D eigenvalue weighted by molar-refractivity contribution is 0.273. The van der Waals surface area contributed by atoms with Crippen molar-refractivity contribution in [1.82, 2.24) is 14.6 Å². The fourth-order valence-electron chi connectivity index (χ4n) is 3.10. The van der Waals surface area contributed by atoms with Gasteiger partial charge in [-0.05, 0) is 47.8 Å². The second-order valence-electron chi connectivity index (χ2n) is 7.77. The van der Waals surface area contributed by atoms with Gasteiger partial charge >= 0.3 is 0 Å². The summed E-state index contributed by atoms with van der Waals surface area (Å²) in [6.45, 7) is 4.96. The number of benzene rings is 2. The molecule has 0 aliphatic heterocycles. The standard InChI is InChI=1S/C25H25N3O3S/c1-17(2)13-14-31-20-11-9-19(15-21(20)30-3)16-22-24(29)28-25(32-22)26-23(27-28)12-10-18-7-5-4-6-8-18/h4-12,15-17H,13-14H2,1-3H3/b12-10+,22-16+. The smallest absolute Gasteiger partial charge is 0.291 e. The molecule has 0 saturated carbocycles. The Morgan fingerprint density at radius 3 is 2.59 bits per heavy atom. The quantitative estimate of drug-likeness (QED) is 0.403. The summed E-state index contributed by atoms with van der Waals surface area (Å²) < 4.78 is 13.2. The van der Waals surface area contributed by atoms with Gasteiger partial charge in [-0.2, -0.15) is 9.50 Å². The number of ether oxygens (including phenoxy) is 2. The Bertz CT molecular complexity index is 1340. The Kier molecular flexibility index (Phi) is 6.66. The Balaban J connectivity index is 1.57. The molecule has 0 radical (unpaired) electrons. The van der Waals surface area contributed by atoms with Crippen molar-refractivity contribution in [2.45, 2.75) is 20.3 Å². The summed E-state index contributed by atoms with van der Waals surface area (Å²) in [6, 6.07) is 15.6. The molecular formula is C25H25N3O3S. The molecule has 0 amide bonds. The zero-order valence-electron chi connectivity index (χ0n) is 18.3. The van der Waals surface area contributed by atoms with Crippen molar-refractivity contribution in [3.63, 3.8) is 0 Å². The third-order valence-corrected chi connectivity index (χ3v) is 5.82. The zero-order valence-corrected chi connectivity index (χ0v) is 19.1. The maximum Gasteiger partial charge on any atom is 0.291 e. The van der Waals surface area contributed by atoms with Crippen LogP contribution in [-0.4, -0.2) is 28.3 Å². The Morgan fingerprint density at radius 1 is 1.06 bits per heavy atom. The fourth-order valence-corrected chi connectivity index (χ4v) is 4.02. The van der Waals surface area contributed by atoms with Crippen LogP contribution in [0.1, 0.15) is 37.2 Å². The second-order valence-corrected chi connectivity index (χ2v) is 8.77. The lowest BCUT2D eigenvalue weighted by atomic mass is 10.1. The molecule has 4 rings (SSSR count). The van der Waals surface area contributed by atoms with Crippen LogP contribution in [0.15, 0.2) is 53.3 Å². The largest absolute Gasteiger partial charge is 0.493 e. The van der Waals surface area contributed by atoms with Gasteiger partial charge in [0.15, 0.2) is 17.3 Å². The molecule has 0 atom stereocenters. The summed E-state index contributed by atoms with van der Waals surface area (Å²) >= 11 is 1.31. The molecule has 2 aromatic heterocycles. The maximum atomic E-state index is 12.8. The average Bonchev–Trinajstić information content (AvgIpc) is 3.32. The van der Waals surface area contributed by atoms with Crippen LogP contribution in [0.25, 0.3) is 23.2 Å². The van der Waals surface area contributed by atoms with Crippen molar-refractivity contribution in [1.29, 1.82) is 0 Å². The third-order valence-electron chi connectivity index (χ3n) is 4.86. The number of aromatic nitrogens is 3. The molecule has 2 heterocycles. The molecule has 0 unspecified atom stereocenters. The van der Waals surface area contributed by atoms with E-state index in [9.17, 15) is 4.79 Å². The van der Waals surface area contributed by atoms with Crippen molar-refractivity contribution in [3.8, 4) is 11.5 Å². The van der Waals surface area contributed by atoms with Gasteiger partial charge in [-0.15, -0.1) is 5.10 Å². The molecule has 2 aromatic carbocycles. The molecule has 0 fully saturated rings. The normalized spacial score (nSPS) is 12.3. The first-order valence-corrected chi connectivity index (χ1v) is 11.3. The van der Waals surface area contributed by atoms with Crippen molar-refractivity contribution in [3.05, 3.63) is 80.4 Å². The van der Waals surface area contributed by atoms with Crippen LogP contribution < -0.4 is 19.6 Å². The number of fused-ring (bicyclic) bond motifs is 1. The molecule has 0 aliphatic rings. The highest BCUT2D eigenvalue weighted by atomic mass is 32.1. The minimum absolute atomic E-state index is 0.187. The van der Waals surface area contributed by atoms with E-state index >= 15 is 0 Å². The van der Waals surface area contributed by atoms with Crippen LogP contribution in [0.5, 0.6) is 11.5 Å². The molecule has 4 aromatic rings. The molecule has 6 nitrogen and oxygen atoms in total. The minimum Gasteiger partial charge on any atom is -0.493 e. The zero-order chi connectivity index (χ0) is 22.5. The predicted octanol–water partition coefficient (Wildman–Crippen LogP) is 4.30. The van der Waals surface area contributed by atoms with E-state index in [1.54, 1.807) is 13.2 Å². The number of methoxy groups -OCH3 is 1. The summed E-state index contributed by atoms with van der Waals surface area (Å²) in [6.07, 6.45) is 6.53. The van der Waals surface area contributed by atoms with Gasteiger partial charge in [-0.25, -0.2) is 0 Å². The lowest BCUT2D eigenvalue weighted by Crippen LogP contribution is -2.23. The van der Waals surface area contributed by atoms with Crippen LogP contribution in [0.2, 0.25) is 0 Å². The second kappa shape index (κ2) is 9.78. The van der Waals surface area contributed by atoms with Gasteiger partial charge in [0.1, 0.15) is 0 Å². The number of nitrogens with zero attached hydrogens (tertiary/aromatic N) is 3. The Labute approximate surface area is 190 Å². The molecule has 7 heteroatoms. The summed E-state index contributed by atoms with van der Waals surface area (Å²) in [7, 11) is 1.61. The molecule has 0 N–H and O–H groups in total. The Morgan fingerprint density at radius 2 is 1.88 bits per heavy atom. The Hall–Kier alpha value is -3.45. The minimum atomic E-state index is -0.187.